The average Bonchev–Trinajstić information content (AvgIpc) is 2.84. The molecule has 0 N–H and O–H groups in total. The molecule has 0 saturated carbocycles. The summed E-state index contributed by atoms with van der Waals surface area (Å²) in [5, 5.41) is 0.600. The van der Waals surface area contributed by atoms with E-state index >= 15 is 0 Å². The first-order valence-corrected chi connectivity index (χ1v) is 6.85. The second kappa shape index (κ2) is 5.93. The molecule has 1 fully saturated rings. The van der Waals surface area contributed by atoms with Crippen LogP contribution in [-0.4, -0.2) is 23.9 Å². The quantitative estimate of drug-likeness (QED) is 0.597. The van der Waals surface area contributed by atoms with Gasteiger partial charge in [-0.1, -0.05) is 29.3 Å². The number of allylic oxidation sites excluding steroid dienone is 1. The highest BCUT2D eigenvalue weighted by Crippen LogP contribution is 2.37. The first kappa shape index (κ1) is 14.4. The second-order valence-electron chi connectivity index (χ2n) is 4.53. The summed E-state index contributed by atoms with van der Waals surface area (Å²) in [6, 6.07) is 2.76. The third kappa shape index (κ3) is 2.93. The average molecular weight is 302 g/mol. The number of rotatable bonds is 2. The van der Waals surface area contributed by atoms with Crippen molar-refractivity contribution in [2.45, 2.75) is 19.3 Å². The third-order valence-corrected chi connectivity index (χ3v) is 4.12. The Hall–Kier alpha value is -1.06. The van der Waals surface area contributed by atoms with Gasteiger partial charge in [0.2, 0.25) is 5.91 Å². The molecule has 1 amide bonds. The Morgan fingerprint density at radius 3 is 2.89 bits per heavy atom. The van der Waals surface area contributed by atoms with Crippen LogP contribution in [0, 0.1) is 5.82 Å². The molecule has 0 spiro atoms. The molecular weight excluding hydrogens is 288 g/mol. The molecule has 1 aromatic carbocycles. The fraction of sp³-hybridized carbons (Fsp3) is 0.357. The Balaban J connectivity index is 2.22. The van der Waals surface area contributed by atoms with Gasteiger partial charge in [-0.3, -0.25) is 4.79 Å². The van der Waals surface area contributed by atoms with Gasteiger partial charge in [0.25, 0.3) is 0 Å². The Labute approximate surface area is 121 Å². The molecule has 5 heteroatoms. The molecule has 102 valence electrons. The lowest BCUT2D eigenvalue weighted by Gasteiger charge is -2.16. The number of carbonyl (C=O) groups excluding carboxylic acids is 1. The van der Waals surface area contributed by atoms with E-state index in [2.05, 4.69) is 0 Å². The summed E-state index contributed by atoms with van der Waals surface area (Å²) >= 11 is 12.0. The summed E-state index contributed by atoms with van der Waals surface area (Å²) in [4.78, 5) is 13.4. The summed E-state index contributed by atoms with van der Waals surface area (Å²) in [5.74, 6) is -0.510. The highest BCUT2D eigenvalue weighted by molar-refractivity contribution is 6.42. The smallest absolute Gasteiger partial charge is 0.246 e. The lowest BCUT2D eigenvalue weighted by molar-refractivity contribution is -0.125. The third-order valence-electron chi connectivity index (χ3n) is 3.30. The van der Waals surface area contributed by atoms with Crippen LogP contribution in [0.5, 0.6) is 0 Å². The second-order valence-corrected chi connectivity index (χ2v) is 5.31. The zero-order valence-electron chi connectivity index (χ0n) is 10.5. The van der Waals surface area contributed by atoms with Crippen LogP contribution in [-0.2, 0) is 4.79 Å². The SMILES string of the molecule is C/C=C/C(=O)N1CCC(c2c(F)ccc(Cl)c2Cl)C1. The molecular formula is C14H14Cl2FNO. The van der Waals surface area contributed by atoms with Crippen LogP contribution in [0.4, 0.5) is 4.39 Å². The van der Waals surface area contributed by atoms with Crippen molar-refractivity contribution >= 4 is 29.1 Å². The number of amides is 1. The van der Waals surface area contributed by atoms with E-state index in [4.69, 9.17) is 23.2 Å². The van der Waals surface area contributed by atoms with E-state index in [1.165, 1.54) is 18.2 Å². The van der Waals surface area contributed by atoms with E-state index in [0.717, 1.165) is 0 Å². The van der Waals surface area contributed by atoms with Crippen LogP contribution in [0.15, 0.2) is 24.3 Å². The number of hydrogen-bond donors (Lipinski definition) is 0. The maximum atomic E-state index is 13.9. The zero-order chi connectivity index (χ0) is 14.0. The molecule has 1 aliphatic rings. The van der Waals surface area contributed by atoms with Crippen LogP contribution in [0.3, 0.4) is 0 Å². The van der Waals surface area contributed by atoms with Gasteiger partial charge in [0, 0.05) is 24.6 Å². The number of carbonyl (C=O) groups is 1. The number of halogens is 3. The van der Waals surface area contributed by atoms with Crippen LogP contribution < -0.4 is 0 Å². The standard InChI is InChI=1S/C14H14Cl2FNO/c1-2-3-12(19)18-7-6-9(8-18)13-11(17)5-4-10(15)14(13)16/h2-5,9H,6-8H2,1H3/b3-2+. The first-order chi connectivity index (χ1) is 9.04. The molecule has 2 nitrogen and oxygen atoms in total. The molecule has 0 radical (unpaired) electrons. The predicted molar refractivity (Wildman–Crippen MR) is 75.2 cm³/mol. The van der Waals surface area contributed by atoms with Crippen molar-refractivity contribution in [3.05, 3.63) is 45.7 Å². The van der Waals surface area contributed by atoms with Crippen molar-refractivity contribution < 1.29 is 9.18 Å². The largest absolute Gasteiger partial charge is 0.339 e. The summed E-state index contributed by atoms with van der Waals surface area (Å²) < 4.78 is 13.9. The molecule has 19 heavy (non-hydrogen) atoms. The number of likely N-dealkylation sites (tertiary alicyclic amines) is 1. The minimum atomic E-state index is -0.361. The summed E-state index contributed by atoms with van der Waals surface area (Å²) in [7, 11) is 0. The topological polar surface area (TPSA) is 20.3 Å². The van der Waals surface area contributed by atoms with Gasteiger partial charge >= 0.3 is 0 Å². The van der Waals surface area contributed by atoms with Gasteiger partial charge in [0.1, 0.15) is 5.82 Å². The summed E-state index contributed by atoms with van der Waals surface area (Å²) in [6.07, 6.45) is 3.90. The first-order valence-electron chi connectivity index (χ1n) is 6.09. The van der Waals surface area contributed by atoms with Gasteiger partial charge in [-0.05, 0) is 31.6 Å². The highest BCUT2D eigenvalue weighted by atomic mass is 35.5. The number of benzene rings is 1. The molecule has 1 atom stereocenters. The van der Waals surface area contributed by atoms with E-state index in [0.29, 0.717) is 30.1 Å². The van der Waals surface area contributed by atoms with Crippen LogP contribution in [0.1, 0.15) is 24.8 Å². The summed E-state index contributed by atoms with van der Waals surface area (Å²) in [6.45, 7) is 2.87. The maximum absolute atomic E-state index is 13.9. The lowest BCUT2D eigenvalue weighted by atomic mass is 9.98. The molecule has 1 aromatic rings. The van der Waals surface area contributed by atoms with Crippen molar-refractivity contribution in [2.75, 3.05) is 13.1 Å². The molecule has 1 unspecified atom stereocenters. The number of hydrogen-bond acceptors (Lipinski definition) is 1. The van der Waals surface area contributed by atoms with E-state index < -0.39 is 0 Å². The van der Waals surface area contributed by atoms with Gasteiger partial charge in [-0.15, -0.1) is 0 Å². The molecule has 1 aliphatic heterocycles. The van der Waals surface area contributed by atoms with E-state index in [1.54, 1.807) is 17.9 Å². The summed E-state index contributed by atoms with van der Waals surface area (Å²) in [5.41, 5.74) is 0.421. The monoisotopic (exact) mass is 301 g/mol. The predicted octanol–water partition coefficient (Wildman–Crippen LogP) is 4.02. The van der Waals surface area contributed by atoms with Gasteiger partial charge in [0.05, 0.1) is 10.0 Å². The van der Waals surface area contributed by atoms with Crippen molar-refractivity contribution in [1.82, 2.24) is 4.90 Å². The maximum Gasteiger partial charge on any atom is 0.246 e. The number of nitrogens with zero attached hydrogens (tertiary/aromatic N) is 1. The molecule has 1 heterocycles. The molecule has 0 bridgehead atoms. The normalized spacial score (nSPS) is 19.4. The Bertz CT molecular complexity index is 530. The van der Waals surface area contributed by atoms with Crippen LogP contribution in [0.25, 0.3) is 0 Å². The zero-order valence-corrected chi connectivity index (χ0v) is 12.0. The fourth-order valence-electron chi connectivity index (χ4n) is 2.36. The Morgan fingerprint density at radius 2 is 2.21 bits per heavy atom. The van der Waals surface area contributed by atoms with Crippen molar-refractivity contribution in [3.63, 3.8) is 0 Å². The van der Waals surface area contributed by atoms with Crippen molar-refractivity contribution in [1.29, 1.82) is 0 Å². The molecule has 1 saturated heterocycles. The van der Waals surface area contributed by atoms with E-state index in [-0.39, 0.29) is 22.7 Å². The minimum absolute atomic E-state index is 0.0523. The fourth-order valence-corrected chi connectivity index (χ4v) is 2.83. The highest BCUT2D eigenvalue weighted by Gasteiger charge is 2.30. The van der Waals surface area contributed by atoms with Crippen LogP contribution in [0.2, 0.25) is 10.0 Å². The minimum Gasteiger partial charge on any atom is -0.339 e. The van der Waals surface area contributed by atoms with Crippen molar-refractivity contribution in [2.24, 2.45) is 0 Å². The van der Waals surface area contributed by atoms with E-state index in [1.807, 2.05) is 0 Å². The van der Waals surface area contributed by atoms with Gasteiger partial charge in [-0.25, -0.2) is 4.39 Å². The van der Waals surface area contributed by atoms with Gasteiger partial charge < -0.3 is 4.90 Å². The Kier molecular flexibility index (Phi) is 4.48. The van der Waals surface area contributed by atoms with E-state index in [9.17, 15) is 9.18 Å². The molecule has 0 aromatic heterocycles. The van der Waals surface area contributed by atoms with Gasteiger partial charge in [-0.2, -0.15) is 0 Å². The Morgan fingerprint density at radius 1 is 1.47 bits per heavy atom. The molecule has 2 rings (SSSR count). The molecule has 0 aliphatic carbocycles. The van der Waals surface area contributed by atoms with Crippen molar-refractivity contribution in [3.8, 4) is 0 Å². The lowest BCUT2D eigenvalue weighted by Crippen LogP contribution is -2.26. The van der Waals surface area contributed by atoms with Crippen LogP contribution >= 0.6 is 23.2 Å². The van der Waals surface area contributed by atoms with Gasteiger partial charge in [0.15, 0.2) is 0 Å².